The highest BCUT2D eigenvalue weighted by Crippen LogP contribution is 2.39. The highest BCUT2D eigenvalue weighted by Gasteiger charge is 2.28. The predicted octanol–water partition coefficient (Wildman–Crippen LogP) is 5.08. The maximum Gasteiger partial charge on any atom is 0.138 e. The van der Waals surface area contributed by atoms with E-state index in [0.717, 1.165) is 44.2 Å². The number of nitrogens with zero attached hydrogens (tertiary/aromatic N) is 1. The zero-order chi connectivity index (χ0) is 17.7. The highest BCUT2D eigenvalue weighted by molar-refractivity contribution is 6.32. The van der Waals surface area contributed by atoms with Crippen molar-refractivity contribution >= 4 is 22.4 Å². The first-order chi connectivity index (χ1) is 12.8. The Bertz CT molecular complexity index is 1110. The van der Waals surface area contributed by atoms with E-state index in [0.29, 0.717) is 6.54 Å². The summed E-state index contributed by atoms with van der Waals surface area (Å²) in [7, 11) is 1.68. The number of furan rings is 1. The van der Waals surface area contributed by atoms with Crippen LogP contribution in [-0.4, -0.2) is 11.7 Å². The number of methoxy groups -OCH3 is 1. The fourth-order valence-electron chi connectivity index (χ4n) is 3.83. The first-order valence-corrected chi connectivity index (χ1v) is 8.88. The van der Waals surface area contributed by atoms with Crippen molar-refractivity contribution in [1.82, 2.24) is 9.88 Å². The van der Waals surface area contributed by atoms with Crippen LogP contribution in [0, 0.1) is 0 Å². The van der Waals surface area contributed by atoms with Gasteiger partial charge in [-0.05, 0) is 29.8 Å². The van der Waals surface area contributed by atoms with Gasteiger partial charge in [-0.15, -0.1) is 0 Å². The largest absolute Gasteiger partial charge is 0.496 e. The molecule has 0 amide bonds. The molecule has 0 saturated heterocycles. The Morgan fingerprint density at radius 3 is 2.92 bits per heavy atom. The fourth-order valence-corrected chi connectivity index (χ4v) is 4.11. The van der Waals surface area contributed by atoms with Crippen LogP contribution in [0.4, 0.5) is 0 Å². The van der Waals surface area contributed by atoms with Crippen molar-refractivity contribution in [3.05, 3.63) is 83.0 Å². The van der Waals surface area contributed by atoms with E-state index in [2.05, 4.69) is 22.0 Å². The molecule has 0 spiro atoms. The molecular weight excluding hydrogens is 348 g/mol. The van der Waals surface area contributed by atoms with Crippen LogP contribution in [0.15, 0.2) is 65.4 Å². The Morgan fingerprint density at radius 2 is 2.04 bits per heavy atom. The number of nitrogens with one attached hydrogen (secondary N) is 1. The molecule has 1 aliphatic rings. The van der Waals surface area contributed by atoms with E-state index >= 15 is 0 Å². The van der Waals surface area contributed by atoms with Gasteiger partial charge in [0.1, 0.15) is 17.6 Å². The van der Waals surface area contributed by atoms with E-state index in [-0.39, 0.29) is 6.04 Å². The lowest BCUT2D eigenvalue weighted by Gasteiger charge is -2.17. The van der Waals surface area contributed by atoms with Gasteiger partial charge < -0.3 is 13.7 Å². The van der Waals surface area contributed by atoms with E-state index in [1.165, 1.54) is 0 Å². The maximum atomic E-state index is 6.52. The van der Waals surface area contributed by atoms with Crippen molar-refractivity contribution in [1.29, 1.82) is 0 Å². The molecule has 0 bridgehead atoms. The molecule has 26 heavy (non-hydrogen) atoms. The summed E-state index contributed by atoms with van der Waals surface area (Å²) in [4.78, 5) is 0. The van der Waals surface area contributed by atoms with E-state index < -0.39 is 0 Å². The number of para-hydroxylation sites is 1. The molecule has 2 aromatic heterocycles. The minimum absolute atomic E-state index is 0.109. The Morgan fingerprint density at radius 1 is 1.15 bits per heavy atom. The van der Waals surface area contributed by atoms with Gasteiger partial charge in [0, 0.05) is 23.8 Å². The van der Waals surface area contributed by atoms with Gasteiger partial charge in [0.05, 0.1) is 29.5 Å². The number of hydrogen-bond donors (Lipinski definition) is 1. The van der Waals surface area contributed by atoms with Gasteiger partial charge in [-0.25, -0.2) is 0 Å². The molecule has 5 rings (SSSR count). The third kappa shape index (κ3) is 2.19. The van der Waals surface area contributed by atoms with Crippen LogP contribution in [0.25, 0.3) is 16.5 Å². The average molecular weight is 365 g/mol. The monoisotopic (exact) mass is 364 g/mol. The first kappa shape index (κ1) is 15.6. The van der Waals surface area contributed by atoms with E-state index in [9.17, 15) is 0 Å². The van der Waals surface area contributed by atoms with Crippen LogP contribution < -0.4 is 10.1 Å². The number of aromatic nitrogens is 1. The number of fused-ring (bicyclic) bond motifs is 4. The summed E-state index contributed by atoms with van der Waals surface area (Å²) in [5.74, 6) is 1.66. The second-order valence-electron chi connectivity index (χ2n) is 6.39. The molecule has 0 fully saturated rings. The number of halogens is 1. The Labute approximate surface area is 155 Å². The molecule has 2 aromatic carbocycles. The maximum absolute atomic E-state index is 6.52. The van der Waals surface area contributed by atoms with Crippen molar-refractivity contribution in [3.8, 4) is 11.4 Å². The molecule has 3 heterocycles. The van der Waals surface area contributed by atoms with Crippen molar-refractivity contribution in [2.45, 2.75) is 12.6 Å². The zero-order valence-electron chi connectivity index (χ0n) is 14.2. The lowest BCUT2D eigenvalue weighted by atomic mass is 10.1. The second kappa shape index (κ2) is 5.94. The topological polar surface area (TPSA) is 39.3 Å². The first-order valence-electron chi connectivity index (χ1n) is 8.50. The summed E-state index contributed by atoms with van der Waals surface area (Å²) in [6.45, 7) is 0.694. The van der Waals surface area contributed by atoms with E-state index in [1.54, 1.807) is 13.4 Å². The summed E-state index contributed by atoms with van der Waals surface area (Å²) in [6.07, 6.45) is 3.83. The van der Waals surface area contributed by atoms with Gasteiger partial charge in [-0.1, -0.05) is 35.9 Å². The standard InChI is InChI=1S/C21H17ClN2O2/c1-25-17-9-3-6-14-12-26-21(18(14)17)19-16-8-4-10-24(16)20-13(11-23-19)5-2-7-15(20)22/h2-10,12,19,23H,11H2,1H3. The Kier molecular flexibility index (Phi) is 3.55. The molecule has 0 radical (unpaired) electrons. The van der Waals surface area contributed by atoms with Crippen LogP contribution in [-0.2, 0) is 6.54 Å². The molecule has 4 aromatic rings. The van der Waals surface area contributed by atoms with Crippen molar-refractivity contribution in [2.75, 3.05) is 7.11 Å². The summed E-state index contributed by atoms with van der Waals surface area (Å²) in [5, 5.41) is 6.39. The van der Waals surface area contributed by atoms with Gasteiger partial charge in [-0.3, -0.25) is 5.32 Å². The van der Waals surface area contributed by atoms with Gasteiger partial charge in [0.25, 0.3) is 0 Å². The summed E-state index contributed by atoms with van der Waals surface area (Å²) in [5.41, 5.74) is 3.26. The molecule has 0 saturated carbocycles. The number of hydrogen-bond acceptors (Lipinski definition) is 3. The number of benzene rings is 2. The normalized spacial score (nSPS) is 16.2. The Hall–Kier alpha value is -2.69. The lowest BCUT2D eigenvalue weighted by Crippen LogP contribution is -2.21. The predicted molar refractivity (Wildman–Crippen MR) is 102 cm³/mol. The zero-order valence-corrected chi connectivity index (χ0v) is 15.0. The summed E-state index contributed by atoms with van der Waals surface area (Å²) in [6, 6.07) is 16.0. The van der Waals surface area contributed by atoms with Gasteiger partial charge in [-0.2, -0.15) is 0 Å². The quantitative estimate of drug-likeness (QED) is 0.539. The van der Waals surface area contributed by atoms with Crippen molar-refractivity contribution < 1.29 is 9.15 Å². The SMILES string of the molecule is COc1cccc2coc(C3NCc4cccc(Cl)c4-n4cccc43)c12. The molecule has 130 valence electrons. The van der Waals surface area contributed by atoms with E-state index in [1.807, 2.05) is 42.6 Å². The fraction of sp³-hybridized carbons (Fsp3) is 0.143. The van der Waals surface area contributed by atoms with Crippen molar-refractivity contribution in [2.24, 2.45) is 0 Å². The van der Waals surface area contributed by atoms with Gasteiger partial charge in [0.15, 0.2) is 0 Å². The van der Waals surface area contributed by atoms with Crippen LogP contribution in [0.2, 0.25) is 5.02 Å². The minimum Gasteiger partial charge on any atom is -0.496 e. The van der Waals surface area contributed by atoms with Crippen LogP contribution >= 0.6 is 11.6 Å². The molecule has 0 aliphatic carbocycles. The molecule has 1 unspecified atom stereocenters. The van der Waals surface area contributed by atoms with Crippen LogP contribution in [0.3, 0.4) is 0 Å². The average Bonchev–Trinajstić information content (AvgIpc) is 3.27. The molecule has 1 atom stereocenters. The van der Waals surface area contributed by atoms with Crippen LogP contribution in [0.5, 0.6) is 5.75 Å². The summed E-state index contributed by atoms with van der Waals surface area (Å²) >= 11 is 6.52. The molecule has 5 heteroatoms. The number of ether oxygens (including phenoxy) is 1. The molecule has 4 nitrogen and oxygen atoms in total. The van der Waals surface area contributed by atoms with Gasteiger partial charge in [0.2, 0.25) is 0 Å². The minimum atomic E-state index is -0.109. The van der Waals surface area contributed by atoms with Crippen LogP contribution in [0.1, 0.15) is 23.1 Å². The highest BCUT2D eigenvalue weighted by atomic mass is 35.5. The van der Waals surface area contributed by atoms with Gasteiger partial charge >= 0.3 is 0 Å². The number of rotatable bonds is 2. The Balaban J connectivity index is 1.74. The third-order valence-electron chi connectivity index (χ3n) is 4.98. The summed E-state index contributed by atoms with van der Waals surface area (Å²) < 4.78 is 13.7. The van der Waals surface area contributed by atoms with Crippen molar-refractivity contribution in [3.63, 3.8) is 0 Å². The lowest BCUT2D eigenvalue weighted by molar-refractivity contribution is 0.414. The third-order valence-corrected chi connectivity index (χ3v) is 5.29. The molecule has 1 aliphatic heterocycles. The second-order valence-corrected chi connectivity index (χ2v) is 6.80. The molecule has 1 N–H and O–H groups in total. The smallest absolute Gasteiger partial charge is 0.138 e. The molecular formula is C21H17ClN2O2. The van der Waals surface area contributed by atoms with E-state index in [4.69, 9.17) is 20.8 Å².